The van der Waals surface area contributed by atoms with E-state index in [4.69, 9.17) is 10.2 Å². The minimum absolute atomic E-state index is 0.528. The molecule has 2 aromatic rings. The third-order valence-corrected chi connectivity index (χ3v) is 3.04. The van der Waals surface area contributed by atoms with Crippen molar-refractivity contribution < 1.29 is 4.42 Å². The summed E-state index contributed by atoms with van der Waals surface area (Å²) in [5.74, 6) is 0.957. The highest BCUT2D eigenvalue weighted by Crippen LogP contribution is 2.19. The number of hydrogen-bond acceptors (Lipinski definition) is 3. The van der Waals surface area contributed by atoms with Crippen LogP contribution in [0.1, 0.15) is 23.8 Å². The molecule has 18 heavy (non-hydrogen) atoms. The van der Waals surface area contributed by atoms with Crippen LogP contribution in [0.25, 0.3) is 0 Å². The lowest BCUT2D eigenvalue weighted by atomic mass is 10.2. The van der Waals surface area contributed by atoms with Gasteiger partial charge in [0.15, 0.2) is 0 Å². The molecule has 0 saturated heterocycles. The molecule has 2 rings (SSSR count). The van der Waals surface area contributed by atoms with Gasteiger partial charge in [-0.15, -0.1) is 0 Å². The van der Waals surface area contributed by atoms with Gasteiger partial charge in [0, 0.05) is 24.3 Å². The highest BCUT2D eigenvalue weighted by Gasteiger charge is 2.08. The van der Waals surface area contributed by atoms with Crippen molar-refractivity contribution in [3.63, 3.8) is 0 Å². The zero-order valence-corrected chi connectivity index (χ0v) is 11.0. The van der Waals surface area contributed by atoms with Crippen LogP contribution in [0.2, 0.25) is 0 Å². The van der Waals surface area contributed by atoms with Crippen molar-refractivity contribution in [3.05, 3.63) is 53.5 Å². The summed E-state index contributed by atoms with van der Waals surface area (Å²) < 4.78 is 5.52. The van der Waals surface area contributed by atoms with E-state index in [1.165, 1.54) is 11.3 Å². The Hall–Kier alpha value is -1.74. The van der Waals surface area contributed by atoms with Crippen LogP contribution in [0, 0.1) is 6.92 Å². The van der Waals surface area contributed by atoms with Gasteiger partial charge in [-0.1, -0.05) is 12.1 Å². The van der Waals surface area contributed by atoms with Gasteiger partial charge in [-0.05, 0) is 37.6 Å². The zero-order valence-electron chi connectivity index (χ0n) is 11.0. The van der Waals surface area contributed by atoms with E-state index in [0.29, 0.717) is 6.54 Å². The minimum Gasteiger partial charge on any atom is -0.467 e. The molecule has 0 radical (unpaired) electrons. The average molecular weight is 244 g/mol. The van der Waals surface area contributed by atoms with E-state index in [9.17, 15) is 0 Å². The lowest BCUT2D eigenvalue weighted by Crippen LogP contribution is -2.21. The maximum Gasteiger partial charge on any atom is 0.123 e. The Morgan fingerprint density at radius 3 is 2.72 bits per heavy atom. The summed E-state index contributed by atoms with van der Waals surface area (Å²) in [6, 6.07) is 10.5. The average Bonchev–Trinajstić information content (AvgIpc) is 2.83. The summed E-state index contributed by atoms with van der Waals surface area (Å²) in [5, 5.41) is 0. The molecule has 0 aliphatic carbocycles. The molecular formula is C15H20N2O. The number of anilines is 1. The first-order valence-corrected chi connectivity index (χ1v) is 6.31. The fraction of sp³-hybridized carbons (Fsp3) is 0.333. The van der Waals surface area contributed by atoms with Gasteiger partial charge >= 0.3 is 0 Å². The van der Waals surface area contributed by atoms with Crippen LogP contribution in [0.15, 0.2) is 41.0 Å². The van der Waals surface area contributed by atoms with Crippen molar-refractivity contribution in [2.75, 3.05) is 11.4 Å². The molecule has 0 amide bonds. The van der Waals surface area contributed by atoms with Crippen molar-refractivity contribution >= 4 is 5.69 Å². The first-order valence-electron chi connectivity index (χ1n) is 6.31. The Labute approximate surface area is 108 Å². The first kappa shape index (κ1) is 12.7. The highest BCUT2D eigenvalue weighted by atomic mass is 16.3. The quantitative estimate of drug-likeness (QED) is 0.879. The molecule has 0 spiro atoms. The van der Waals surface area contributed by atoms with Crippen LogP contribution in [-0.4, -0.2) is 6.54 Å². The number of nitrogens with two attached hydrogens (primary N) is 1. The van der Waals surface area contributed by atoms with Crippen molar-refractivity contribution in [1.29, 1.82) is 0 Å². The normalized spacial score (nSPS) is 10.6. The molecule has 3 heteroatoms. The molecule has 2 N–H and O–H groups in total. The molecule has 1 aromatic carbocycles. The van der Waals surface area contributed by atoms with Gasteiger partial charge in [0.1, 0.15) is 5.76 Å². The SMILES string of the molecule is CCN(Cc1cc(CN)co1)c1cccc(C)c1. The number of rotatable bonds is 5. The van der Waals surface area contributed by atoms with Gasteiger partial charge < -0.3 is 15.1 Å². The molecular weight excluding hydrogens is 224 g/mol. The standard InChI is InChI=1S/C15H20N2O/c1-3-17(14-6-4-5-12(2)7-14)10-15-8-13(9-16)11-18-15/h4-8,11H,3,9-10,16H2,1-2H3. The molecule has 0 aliphatic rings. The van der Waals surface area contributed by atoms with Gasteiger partial charge in [-0.25, -0.2) is 0 Å². The Balaban J connectivity index is 2.14. The second kappa shape index (κ2) is 5.74. The Morgan fingerprint density at radius 1 is 1.28 bits per heavy atom. The number of benzene rings is 1. The topological polar surface area (TPSA) is 42.4 Å². The molecule has 0 saturated carbocycles. The number of hydrogen-bond donors (Lipinski definition) is 1. The molecule has 0 bridgehead atoms. The Bertz CT molecular complexity index is 505. The molecule has 0 atom stereocenters. The van der Waals surface area contributed by atoms with Gasteiger partial charge in [-0.3, -0.25) is 0 Å². The van der Waals surface area contributed by atoms with E-state index in [0.717, 1.165) is 24.4 Å². The second-order valence-electron chi connectivity index (χ2n) is 4.48. The van der Waals surface area contributed by atoms with Gasteiger partial charge in [0.05, 0.1) is 12.8 Å². The third kappa shape index (κ3) is 2.93. The molecule has 0 fully saturated rings. The van der Waals surface area contributed by atoms with E-state index in [-0.39, 0.29) is 0 Å². The summed E-state index contributed by atoms with van der Waals surface area (Å²) in [5.41, 5.74) is 9.13. The van der Waals surface area contributed by atoms with E-state index in [2.05, 4.69) is 43.0 Å². The Kier molecular flexibility index (Phi) is 4.05. The third-order valence-electron chi connectivity index (χ3n) is 3.04. The molecule has 1 aromatic heterocycles. The summed E-state index contributed by atoms with van der Waals surface area (Å²) in [6.45, 7) is 6.51. The van der Waals surface area contributed by atoms with Crippen LogP contribution in [0.3, 0.4) is 0 Å². The van der Waals surface area contributed by atoms with E-state index in [1.54, 1.807) is 6.26 Å². The van der Waals surface area contributed by atoms with Gasteiger partial charge in [-0.2, -0.15) is 0 Å². The lowest BCUT2D eigenvalue weighted by Gasteiger charge is -2.22. The fourth-order valence-corrected chi connectivity index (χ4v) is 2.01. The van der Waals surface area contributed by atoms with E-state index < -0.39 is 0 Å². The van der Waals surface area contributed by atoms with E-state index in [1.807, 2.05) is 6.07 Å². The fourth-order valence-electron chi connectivity index (χ4n) is 2.01. The number of nitrogens with zero attached hydrogens (tertiary/aromatic N) is 1. The largest absolute Gasteiger partial charge is 0.467 e. The van der Waals surface area contributed by atoms with E-state index >= 15 is 0 Å². The van der Waals surface area contributed by atoms with Crippen LogP contribution < -0.4 is 10.6 Å². The van der Waals surface area contributed by atoms with Crippen LogP contribution in [0.5, 0.6) is 0 Å². The smallest absolute Gasteiger partial charge is 0.123 e. The lowest BCUT2D eigenvalue weighted by molar-refractivity contribution is 0.502. The van der Waals surface area contributed by atoms with Gasteiger partial charge in [0.25, 0.3) is 0 Å². The minimum atomic E-state index is 0.528. The summed E-state index contributed by atoms with van der Waals surface area (Å²) in [6.07, 6.45) is 1.74. The first-order chi connectivity index (χ1) is 8.72. The summed E-state index contributed by atoms with van der Waals surface area (Å²) in [4.78, 5) is 2.28. The number of aryl methyl sites for hydroxylation is 1. The summed E-state index contributed by atoms with van der Waals surface area (Å²) >= 11 is 0. The van der Waals surface area contributed by atoms with Crippen molar-refractivity contribution in [2.45, 2.75) is 26.9 Å². The maximum absolute atomic E-state index is 5.58. The van der Waals surface area contributed by atoms with Crippen LogP contribution >= 0.6 is 0 Å². The van der Waals surface area contributed by atoms with Crippen LogP contribution in [-0.2, 0) is 13.1 Å². The maximum atomic E-state index is 5.58. The van der Waals surface area contributed by atoms with Crippen molar-refractivity contribution in [3.8, 4) is 0 Å². The predicted octanol–water partition coefficient (Wildman–Crippen LogP) is 3.07. The van der Waals surface area contributed by atoms with Crippen molar-refractivity contribution in [2.24, 2.45) is 5.73 Å². The van der Waals surface area contributed by atoms with Crippen molar-refractivity contribution in [1.82, 2.24) is 0 Å². The monoisotopic (exact) mass is 244 g/mol. The van der Waals surface area contributed by atoms with Gasteiger partial charge in [0.2, 0.25) is 0 Å². The van der Waals surface area contributed by atoms with Crippen LogP contribution in [0.4, 0.5) is 5.69 Å². The second-order valence-corrected chi connectivity index (χ2v) is 4.48. The number of furan rings is 1. The molecule has 1 heterocycles. The highest BCUT2D eigenvalue weighted by molar-refractivity contribution is 5.48. The molecule has 3 nitrogen and oxygen atoms in total. The molecule has 96 valence electrons. The summed E-state index contributed by atoms with van der Waals surface area (Å²) in [7, 11) is 0. The molecule has 0 unspecified atom stereocenters. The predicted molar refractivity (Wildman–Crippen MR) is 74.5 cm³/mol. The molecule has 0 aliphatic heterocycles. The zero-order chi connectivity index (χ0) is 13.0. The Morgan fingerprint density at radius 2 is 2.11 bits per heavy atom.